The van der Waals surface area contributed by atoms with E-state index in [0.29, 0.717) is 38.7 Å². The summed E-state index contributed by atoms with van der Waals surface area (Å²) in [4.78, 5) is 36.8. The van der Waals surface area contributed by atoms with Gasteiger partial charge in [-0.1, -0.05) is 30.3 Å². The predicted molar refractivity (Wildman–Crippen MR) is 102 cm³/mol. The van der Waals surface area contributed by atoms with Crippen molar-refractivity contribution in [3.8, 4) is 0 Å². The molecule has 2 N–H and O–H groups in total. The van der Waals surface area contributed by atoms with Crippen LogP contribution in [-0.4, -0.2) is 59.0 Å². The van der Waals surface area contributed by atoms with E-state index in [0.717, 1.165) is 5.56 Å². The molecule has 1 aromatic heterocycles. The minimum atomic E-state index is -0.600. The van der Waals surface area contributed by atoms with Gasteiger partial charge in [0.25, 0.3) is 0 Å². The second-order valence-corrected chi connectivity index (χ2v) is 6.40. The molecule has 1 atom stereocenters. The fraction of sp³-hybridized carbons (Fsp3) is 0.368. The fourth-order valence-electron chi connectivity index (χ4n) is 2.84. The number of carbonyl (C=O) groups excluding carboxylic acids is 2. The number of hydrogen-bond acceptors (Lipinski definition) is 5. The number of nitrogens with one attached hydrogen (secondary N) is 2. The van der Waals surface area contributed by atoms with E-state index in [4.69, 9.17) is 0 Å². The zero-order chi connectivity index (χ0) is 19.1. The molecule has 1 aliphatic rings. The SMILES string of the molecule is C[C@H](NC(=O)N1CCN(c2ncccn2)CC1)C(=O)NCc1ccccc1. The quantitative estimate of drug-likeness (QED) is 0.822. The van der Waals surface area contributed by atoms with Gasteiger partial charge in [-0.2, -0.15) is 0 Å². The lowest BCUT2D eigenvalue weighted by Crippen LogP contribution is -2.55. The Hall–Kier alpha value is -3.16. The van der Waals surface area contributed by atoms with Crippen molar-refractivity contribution < 1.29 is 9.59 Å². The van der Waals surface area contributed by atoms with E-state index in [2.05, 4.69) is 20.6 Å². The molecule has 1 aromatic carbocycles. The summed E-state index contributed by atoms with van der Waals surface area (Å²) in [7, 11) is 0. The van der Waals surface area contributed by atoms with Crippen LogP contribution in [0.25, 0.3) is 0 Å². The number of anilines is 1. The maximum Gasteiger partial charge on any atom is 0.318 e. The molecule has 2 heterocycles. The van der Waals surface area contributed by atoms with E-state index in [9.17, 15) is 9.59 Å². The molecule has 0 radical (unpaired) electrons. The van der Waals surface area contributed by atoms with E-state index in [1.807, 2.05) is 35.2 Å². The molecule has 3 amide bonds. The summed E-state index contributed by atoms with van der Waals surface area (Å²) >= 11 is 0. The highest BCUT2D eigenvalue weighted by Gasteiger charge is 2.24. The van der Waals surface area contributed by atoms with Crippen LogP contribution in [0.2, 0.25) is 0 Å². The molecule has 8 nitrogen and oxygen atoms in total. The van der Waals surface area contributed by atoms with Crippen LogP contribution < -0.4 is 15.5 Å². The molecule has 1 saturated heterocycles. The van der Waals surface area contributed by atoms with Gasteiger partial charge < -0.3 is 20.4 Å². The lowest BCUT2D eigenvalue weighted by molar-refractivity contribution is -0.122. The van der Waals surface area contributed by atoms with E-state index in [1.165, 1.54) is 0 Å². The van der Waals surface area contributed by atoms with Gasteiger partial charge in [0, 0.05) is 45.1 Å². The number of nitrogens with zero attached hydrogens (tertiary/aromatic N) is 4. The number of piperazine rings is 1. The third kappa shape index (κ3) is 5.16. The lowest BCUT2D eigenvalue weighted by Gasteiger charge is -2.35. The highest BCUT2D eigenvalue weighted by molar-refractivity contribution is 5.86. The predicted octanol–water partition coefficient (Wildman–Crippen LogP) is 1.01. The van der Waals surface area contributed by atoms with Crippen LogP contribution in [0.15, 0.2) is 48.8 Å². The number of carbonyl (C=O) groups is 2. The largest absolute Gasteiger partial charge is 0.350 e. The number of hydrogen-bond donors (Lipinski definition) is 2. The van der Waals surface area contributed by atoms with Crippen molar-refractivity contribution in [2.24, 2.45) is 0 Å². The Kier molecular flexibility index (Phi) is 6.19. The second kappa shape index (κ2) is 8.98. The van der Waals surface area contributed by atoms with Crippen LogP contribution in [0.1, 0.15) is 12.5 Å². The van der Waals surface area contributed by atoms with Gasteiger partial charge in [0.2, 0.25) is 11.9 Å². The molecule has 1 fully saturated rings. The molecule has 0 saturated carbocycles. The number of aromatic nitrogens is 2. The van der Waals surface area contributed by atoms with Crippen LogP contribution in [0.4, 0.5) is 10.7 Å². The third-order valence-electron chi connectivity index (χ3n) is 4.44. The Morgan fingerprint density at radius 2 is 1.70 bits per heavy atom. The van der Waals surface area contributed by atoms with Crippen LogP contribution >= 0.6 is 0 Å². The maximum absolute atomic E-state index is 12.4. The first-order chi connectivity index (χ1) is 13.1. The number of urea groups is 1. The van der Waals surface area contributed by atoms with Gasteiger partial charge in [-0.15, -0.1) is 0 Å². The average molecular weight is 368 g/mol. The summed E-state index contributed by atoms with van der Waals surface area (Å²) in [5.41, 5.74) is 1.02. The first kappa shape index (κ1) is 18.6. The zero-order valence-electron chi connectivity index (χ0n) is 15.3. The maximum atomic E-state index is 12.4. The Bertz CT molecular complexity index is 747. The molecule has 3 rings (SSSR count). The van der Waals surface area contributed by atoms with Crippen LogP contribution in [0.5, 0.6) is 0 Å². The van der Waals surface area contributed by atoms with Crippen molar-refractivity contribution in [1.29, 1.82) is 0 Å². The number of rotatable bonds is 5. The Morgan fingerprint density at radius 3 is 2.37 bits per heavy atom. The van der Waals surface area contributed by atoms with Crippen molar-refractivity contribution in [3.63, 3.8) is 0 Å². The molecular formula is C19H24N6O2. The smallest absolute Gasteiger partial charge is 0.318 e. The first-order valence-corrected chi connectivity index (χ1v) is 9.02. The highest BCUT2D eigenvalue weighted by atomic mass is 16.2. The summed E-state index contributed by atoms with van der Waals surface area (Å²) in [6, 6.07) is 10.6. The molecule has 27 heavy (non-hydrogen) atoms. The van der Waals surface area contributed by atoms with Gasteiger partial charge in [-0.25, -0.2) is 14.8 Å². The van der Waals surface area contributed by atoms with Crippen molar-refractivity contribution in [3.05, 3.63) is 54.4 Å². The number of amides is 3. The van der Waals surface area contributed by atoms with Crippen molar-refractivity contribution in [1.82, 2.24) is 25.5 Å². The first-order valence-electron chi connectivity index (χ1n) is 9.02. The molecule has 0 bridgehead atoms. The summed E-state index contributed by atoms with van der Waals surface area (Å²) < 4.78 is 0. The Morgan fingerprint density at radius 1 is 1.04 bits per heavy atom. The Balaban J connectivity index is 1.42. The van der Waals surface area contributed by atoms with E-state index in [-0.39, 0.29) is 11.9 Å². The Labute approximate surface area is 158 Å². The molecule has 1 aliphatic heterocycles. The van der Waals surface area contributed by atoms with E-state index < -0.39 is 6.04 Å². The van der Waals surface area contributed by atoms with Crippen molar-refractivity contribution in [2.45, 2.75) is 19.5 Å². The van der Waals surface area contributed by atoms with E-state index in [1.54, 1.807) is 30.3 Å². The molecule has 142 valence electrons. The fourth-order valence-corrected chi connectivity index (χ4v) is 2.84. The van der Waals surface area contributed by atoms with Crippen molar-refractivity contribution in [2.75, 3.05) is 31.1 Å². The van der Waals surface area contributed by atoms with Gasteiger partial charge in [0.05, 0.1) is 0 Å². The van der Waals surface area contributed by atoms with Gasteiger partial charge in [-0.3, -0.25) is 4.79 Å². The summed E-state index contributed by atoms with van der Waals surface area (Å²) in [6.07, 6.45) is 3.41. The normalized spacial score (nSPS) is 15.1. The minimum absolute atomic E-state index is 0.205. The minimum Gasteiger partial charge on any atom is -0.350 e. The second-order valence-electron chi connectivity index (χ2n) is 6.40. The molecular weight excluding hydrogens is 344 g/mol. The molecule has 0 spiro atoms. The van der Waals surface area contributed by atoms with Gasteiger partial charge in [0.1, 0.15) is 6.04 Å². The van der Waals surface area contributed by atoms with E-state index >= 15 is 0 Å². The lowest BCUT2D eigenvalue weighted by atomic mass is 10.2. The van der Waals surface area contributed by atoms with Crippen LogP contribution in [0, 0.1) is 0 Å². The van der Waals surface area contributed by atoms with Gasteiger partial charge >= 0.3 is 6.03 Å². The van der Waals surface area contributed by atoms with Crippen LogP contribution in [-0.2, 0) is 11.3 Å². The standard InChI is InChI=1S/C19H24N6O2/c1-15(17(26)22-14-16-6-3-2-4-7-16)23-19(27)25-12-10-24(11-13-25)18-20-8-5-9-21-18/h2-9,15H,10-14H2,1H3,(H,22,26)(H,23,27)/t15-/m0/s1. The van der Waals surface area contributed by atoms with Crippen molar-refractivity contribution >= 4 is 17.9 Å². The van der Waals surface area contributed by atoms with Crippen LogP contribution in [0.3, 0.4) is 0 Å². The topological polar surface area (TPSA) is 90.5 Å². The molecule has 8 heteroatoms. The van der Waals surface area contributed by atoms with Gasteiger partial charge in [0.15, 0.2) is 0 Å². The average Bonchev–Trinajstić information content (AvgIpc) is 2.73. The zero-order valence-corrected chi connectivity index (χ0v) is 15.3. The molecule has 0 aliphatic carbocycles. The monoisotopic (exact) mass is 368 g/mol. The summed E-state index contributed by atoms with van der Waals surface area (Å²) in [6.45, 7) is 4.56. The molecule has 0 unspecified atom stereocenters. The van der Waals surface area contributed by atoms with Gasteiger partial charge in [-0.05, 0) is 18.6 Å². The summed E-state index contributed by atoms with van der Waals surface area (Å²) in [5, 5.41) is 5.60. The number of benzene rings is 1. The highest BCUT2D eigenvalue weighted by Crippen LogP contribution is 2.09. The third-order valence-corrected chi connectivity index (χ3v) is 4.44. The summed E-state index contributed by atoms with van der Waals surface area (Å²) in [5.74, 6) is 0.467. The molecule has 2 aromatic rings.